The van der Waals surface area contributed by atoms with E-state index < -0.39 is 10.0 Å². The van der Waals surface area contributed by atoms with Crippen molar-refractivity contribution in [2.24, 2.45) is 5.73 Å². The lowest BCUT2D eigenvalue weighted by Gasteiger charge is -2.06. The Hall–Kier alpha value is -0.0800. The molecule has 1 aromatic rings. The molecule has 3 N–H and O–H groups in total. The number of hydrogen-bond acceptors (Lipinski definition) is 5. The molecule has 0 atom stereocenters. The first kappa shape index (κ1) is 16.0. The van der Waals surface area contributed by atoms with Gasteiger partial charge in [0, 0.05) is 18.0 Å². The summed E-state index contributed by atoms with van der Waals surface area (Å²) in [5, 5.41) is 1.76. The van der Waals surface area contributed by atoms with Crippen LogP contribution >= 0.6 is 23.1 Å². The quantitative estimate of drug-likeness (QED) is 0.685. The summed E-state index contributed by atoms with van der Waals surface area (Å²) >= 11 is 3.20. The first-order chi connectivity index (χ1) is 8.61. The zero-order valence-electron chi connectivity index (χ0n) is 10.5. The Morgan fingerprint density at radius 2 is 2.17 bits per heavy atom. The van der Waals surface area contributed by atoms with Gasteiger partial charge in [0.15, 0.2) is 0 Å². The van der Waals surface area contributed by atoms with Crippen LogP contribution in [0, 0.1) is 0 Å². The van der Waals surface area contributed by atoms with Gasteiger partial charge in [-0.15, -0.1) is 11.3 Å². The first-order valence-corrected chi connectivity index (χ1v) is 9.62. The van der Waals surface area contributed by atoms with E-state index in [4.69, 9.17) is 5.73 Å². The van der Waals surface area contributed by atoms with Crippen molar-refractivity contribution in [1.82, 2.24) is 4.72 Å². The maximum absolute atomic E-state index is 12.0. The van der Waals surface area contributed by atoms with Gasteiger partial charge < -0.3 is 5.73 Å². The van der Waals surface area contributed by atoms with Crippen molar-refractivity contribution in [1.29, 1.82) is 0 Å². The zero-order valence-corrected chi connectivity index (χ0v) is 13.0. The number of thioether (sulfide) groups is 1. The fourth-order valence-electron chi connectivity index (χ4n) is 1.55. The lowest BCUT2D eigenvalue weighted by Crippen LogP contribution is -2.25. The molecule has 4 nitrogen and oxygen atoms in total. The second-order valence-corrected chi connectivity index (χ2v) is 7.59. The highest BCUT2D eigenvalue weighted by Crippen LogP contribution is 2.20. The van der Waals surface area contributed by atoms with Crippen molar-refractivity contribution < 1.29 is 8.42 Å². The molecule has 0 bridgehead atoms. The molecule has 1 rings (SSSR count). The van der Waals surface area contributed by atoms with Gasteiger partial charge in [0.05, 0.1) is 4.90 Å². The molecule has 0 aliphatic rings. The topological polar surface area (TPSA) is 72.2 Å². The van der Waals surface area contributed by atoms with E-state index in [1.165, 1.54) is 11.3 Å². The smallest absolute Gasteiger partial charge is 0.241 e. The van der Waals surface area contributed by atoms with Gasteiger partial charge in [0.2, 0.25) is 10.0 Å². The highest BCUT2D eigenvalue weighted by atomic mass is 32.2. The Balaban J connectivity index is 2.41. The van der Waals surface area contributed by atoms with Crippen LogP contribution < -0.4 is 10.5 Å². The van der Waals surface area contributed by atoms with Crippen molar-refractivity contribution >= 4 is 33.1 Å². The predicted octanol–water partition coefficient (Wildman–Crippen LogP) is 2.02. The molecule has 1 aromatic heterocycles. The van der Waals surface area contributed by atoms with Crippen LogP contribution in [0.1, 0.15) is 24.1 Å². The fraction of sp³-hybridized carbons (Fsp3) is 0.636. The van der Waals surface area contributed by atoms with E-state index in [0.29, 0.717) is 16.3 Å². The van der Waals surface area contributed by atoms with Crippen LogP contribution in [0.3, 0.4) is 0 Å². The van der Waals surface area contributed by atoms with Crippen molar-refractivity contribution in [3.8, 4) is 0 Å². The molecule has 0 aliphatic heterocycles. The number of unbranched alkanes of at least 4 members (excludes halogenated alkanes) is 2. The Morgan fingerprint density at radius 3 is 2.83 bits per heavy atom. The third-order valence-electron chi connectivity index (χ3n) is 2.50. The van der Waals surface area contributed by atoms with E-state index in [9.17, 15) is 8.42 Å². The van der Waals surface area contributed by atoms with Gasteiger partial charge in [-0.25, -0.2) is 13.1 Å². The number of rotatable bonds is 9. The SMILES string of the molecule is CSCCCCCNS(=O)(=O)c1ccsc1CN. The van der Waals surface area contributed by atoms with Gasteiger partial charge in [-0.1, -0.05) is 6.42 Å². The van der Waals surface area contributed by atoms with E-state index in [1.54, 1.807) is 11.4 Å². The lowest BCUT2D eigenvalue weighted by molar-refractivity contribution is 0.575. The minimum atomic E-state index is -3.38. The molecule has 0 fully saturated rings. The normalized spacial score (nSPS) is 11.9. The molecule has 0 unspecified atom stereocenters. The highest BCUT2D eigenvalue weighted by Gasteiger charge is 2.18. The van der Waals surface area contributed by atoms with Gasteiger partial charge >= 0.3 is 0 Å². The number of hydrogen-bond donors (Lipinski definition) is 2. The third-order valence-corrected chi connectivity index (χ3v) is 5.81. The molecular weight excluding hydrogens is 288 g/mol. The van der Waals surface area contributed by atoms with Gasteiger partial charge in [0.1, 0.15) is 0 Å². The average Bonchev–Trinajstić information content (AvgIpc) is 2.82. The summed E-state index contributed by atoms with van der Waals surface area (Å²) in [6.45, 7) is 0.762. The summed E-state index contributed by atoms with van der Waals surface area (Å²) in [5.41, 5.74) is 5.52. The lowest BCUT2D eigenvalue weighted by atomic mass is 10.2. The van der Waals surface area contributed by atoms with Crippen molar-refractivity contribution in [3.05, 3.63) is 16.3 Å². The minimum Gasteiger partial charge on any atom is -0.326 e. The maximum Gasteiger partial charge on any atom is 0.241 e. The van der Waals surface area contributed by atoms with Crippen molar-refractivity contribution in [2.45, 2.75) is 30.7 Å². The predicted molar refractivity (Wildman–Crippen MR) is 79.6 cm³/mol. The zero-order chi connectivity index (χ0) is 13.4. The molecule has 0 saturated carbocycles. The molecule has 0 aromatic carbocycles. The summed E-state index contributed by atoms with van der Waals surface area (Å²) in [6.07, 6.45) is 5.14. The minimum absolute atomic E-state index is 0.266. The number of sulfonamides is 1. The van der Waals surface area contributed by atoms with Gasteiger partial charge in [-0.2, -0.15) is 11.8 Å². The monoisotopic (exact) mass is 308 g/mol. The molecule has 18 heavy (non-hydrogen) atoms. The molecule has 1 heterocycles. The van der Waals surface area contributed by atoms with E-state index in [2.05, 4.69) is 11.0 Å². The molecule has 0 radical (unpaired) electrons. The van der Waals surface area contributed by atoms with E-state index in [-0.39, 0.29) is 6.54 Å². The summed E-state index contributed by atoms with van der Waals surface area (Å²) in [7, 11) is -3.38. The number of nitrogens with two attached hydrogens (primary N) is 1. The molecule has 104 valence electrons. The van der Waals surface area contributed by atoms with Crippen molar-refractivity contribution in [2.75, 3.05) is 18.6 Å². The summed E-state index contributed by atoms with van der Waals surface area (Å²) in [6, 6.07) is 1.61. The van der Waals surface area contributed by atoms with Crippen LogP contribution in [0.15, 0.2) is 16.3 Å². The molecule has 7 heteroatoms. The first-order valence-electron chi connectivity index (χ1n) is 5.87. The second kappa shape index (κ2) is 8.16. The van der Waals surface area contributed by atoms with Gasteiger partial charge in [-0.3, -0.25) is 0 Å². The maximum atomic E-state index is 12.0. The van der Waals surface area contributed by atoms with E-state index in [0.717, 1.165) is 25.0 Å². The standard InChI is InChI=1S/C11H20N2O2S3/c1-16-7-4-2-3-6-13-18(14,15)11-5-8-17-10(11)9-12/h5,8,13H,2-4,6-7,9,12H2,1H3. The molecule has 0 saturated heterocycles. The van der Waals surface area contributed by atoms with Crippen LogP contribution in [0.4, 0.5) is 0 Å². The van der Waals surface area contributed by atoms with Gasteiger partial charge in [-0.05, 0) is 36.3 Å². The molecular formula is C11H20N2O2S3. The Bertz CT molecular complexity index is 443. The van der Waals surface area contributed by atoms with Crippen LogP contribution in [0.5, 0.6) is 0 Å². The Kier molecular flexibility index (Phi) is 7.25. The largest absolute Gasteiger partial charge is 0.326 e. The third kappa shape index (κ3) is 4.89. The van der Waals surface area contributed by atoms with Gasteiger partial charge in [0.25, 0.3) is 0 Å². The van der Waals surface area contributed by atoms with Crippen LogP contribution in [-0.2, 0) is 16.6 Å². The number of nitrogens with one attached hydrogen (secondary N) is 1. The molecule has 0 spiro atoms. The van der Waals surface area contributed by atoms with E-state index >= 15 is 0 Å². The summed E-state index contributed by atoms with van der Waals surface area (Å²) < 4.78 is 26.6. The van der Waals surface area contributed by atoms with Crippen LogP contribution in [0.25, 0.3) is 0 Å². The van der Waals surface area contributed by atoms with Crippen LogP contribution in [0.2, 0.25) is 0 Å². The summed E-state index contributed by atoms with van der Waals surface area (Å²) in [5.74, 6) is 1.13. The average molecular weight is 308 g/mol. The number of thiophene rings is 1. The molecule has 0 aliphatic carbocycles. The van der Waals surface area contributed by atoms with Crippen LogP contribution in [-0.4, -0.2) is 27.0 Å². The van der Waals surface area contributed by atoms with E-state index in [1.807, 2.05) is 11.8 Å². The summed E-state index contributed by atoms with van der Waals surface area (Å²) in [4.78, 5) is 1.05. The Morgan fingerprint density at radius 1 is 1.39 bits per heavy atom. The Labute approximate surface area is 117 Å². The highest BCUT2D eigenvalue weighted by molar-refractivity contribution is 7.98. The molecule has 0 amide bonds. The second-order valence-electron chi connectivity index (χ2n) is 3.86. The van der Waals surface area contributed by atoms with Crippen molar-refractivity contribution in [3.63, 3.8) is 0 Å². The fourth-order valence-corrected chi connectivity index (χ4v) is 4.45.